The van der Waals surface area contributed by atoms with E-state index in [4.69, 9.17) is 16.3 Å². The van der Waals surface area contributed by atoms with Crippen molar-refractivity contribution in [2.45, 2.75) is 38.0 Å². The summed E-state index contributed by atoms with van der Waals surface area (Å²) >= 11 is 6.27. The molecule has 0 bridgehead atoms. The molecule has 1 aromatic rings. The molecule has 29 heavy (non-hydrogen) atoms. The molecule has 5 unspecified atom stereocenters. The Morgan fingerprint density at radius 1 is 1.31 bits per heavy atom. The molecule has 0 aliphatic carbocycles. The molecule has 0 radical (unpaired) electrons. The molecule has 2 saturated heterocycles. The smallest absolute Gasteiger partial charge is 0.250 e. The van der Waals surface area contributed by atoms with Crippen LogP contribution < -0.4 is 10.6 Å². The molecule has 5 atom stereocenters. The van der Waals surface area contributed by atoms with Gasteiger partial charge < -0.3 is 15.2 Å². The quantitative estimate of drug-likeness (QED) is 0.479. The van der Waals surface area contributed by atoms with Crippen LogP contribution in [0, 0.1) is 18.8 Å². The maximum Gasteiger partial charge on any atom is 0.250 e. The van der Waals surface area contributed by atoms with Crippen LogP contribution in [0.5, 0.6) is 0 Å². The first-order valence-electron chi connectivity index (χ1n) is 9.66. The third-order valence-electron chi connectivity index (χ3n) is 6.26. The van der Waals surface area contributed by atoms with E-state index in [-0.39, 0.29) is 12.5 Å². The number of carbonyl (C=O) groups is 3. The van der Waals surface area contributed by atoms with Gasteiger partial charge in [-0.1, -0.05) is 11.6 Å². The average Bonchev–Trinajstić information content (AvgIpc) is 3.24. The Morgan fingerprint density at radius 3 is 2.69 bits per heavy atom. The minimum Gasteiger partial charge on any atom is -0.392 e. The zero-order chi connectivity index (χ0) is 21.1. The zero-order valence-electron chi connectivity index (χ0n) is 16.5. The number of hydrogen-bond acceptors (Lipinski definition) is 6. The van der Waals surface area contributed by atoms with Crippen LogP contribution in [0.3, 0.4) is 0 Å². The van der Waals surface area contributed by atoms with Gasteiger partial charge in [0.25, 0.3) is 0 Å². The summed E-state index contributed by atoms with van der Waals surface area (Å²) < 4.78 is 5.03. The first-order valence-corrected chi connectivity index (χ1v) is 10.0. The molecule has 9 heteroatoms. The highest BCUT2D eigenvalue weighted by Crippen LogP contribution is 2.54. The Labute approximate surface area is 173 Å². The van der Waals surface area contributed by atoms with Crippen molar-refractivity contribution in [1.82, 2.24) is 10.2 Å². The number of benzene rings is 1. The highest BCUT2D eigenvalue weighted by atomic mass is 35.5. The van der Waals surface area contributed by atoms with Crippen molar-refractivity contribution in [3.63, 3.8) is 0 Å². The van der Waals surface area contributed by atoms with Crippen LogP contribution in [0.1, 0.15) is 24.5 Å². The summed E-state index contributed by atoms with van der Waals surface area (Å²) in [6, 6.07) is 2.65. The average molecular weight is 422 g/mol. The van der Waals surface area contributed by atoms with Crippen LogP contribution in [0.2, 0.25) is 5.02 Å². The topological polar surface area (TPSA) is 108 Å². The van der Waals surface area contributed by atoms with E-state index in [1.807, 2.05) is 6.92 Å². The minimum atomic E-state index is -1.44. The lowest BCUT2D eigenvalue weighted by atomic mass is 9.76. The molecule has 8 nitrogen and oxygen atoms in total. The third kappa shape index (κ3) is 2.73. The van der Waals surface area contributed by atoms with E-state index in [9.17, 15) is 19.5 Å². The van der Waals surface area contributed by atoms with Crippen molar-refractivity contribution in [2.75, 3.05) is 25.6 Å². The molecular weight excluding hydrogens is 398 g/mol. The Morgan fingerprint density at radius 2 is 2.03 bits per heavy atom. The Bertz CT molecular complexity index is 904. The number of anilines is 1. The molecule has 3 amide bonds. The van der Waals surface area contributed by atoms with E-state index >= 15 is 0 Å². The Hall–Kier alpha value is -2.00. The number of amides is 3. The van der Waals surface area contributed by atoms with Gasteiger partial charge >= 0.3 is 0 Å². The van der Waals surface area contributed by atoms with Gasteiger partial charge in [-0.3, -0.25) is 24.6 Å². The van der Waals surface area contributed by atoms with Gasteiger partial charge in [0.15, 0.2) is 0 Å². The van der Waals surface area contributed by atoms with Crippen molar-refractivity contribution in [2.24, 2.45) is 11.8 Å². The molecule has 3 N–H and O–H groups in total. The zero-order valence-corrected chi connectivity index (χ0v) is 17.2. The van der Waals surface area contributed by atoms with Gasteiger partial charge in [-0.05, 0) is 38.0 Å². The number of aryl methyl sites for hydroxylation is 1. The van der Waals surface area contributed by atoms with Crippen molar-refractivity contribution < 1.29 is 24.2 Å². The molecule has 0 saturated carbocycles. The van der Waals surface area contributed by atoms with Crippen LogP contribution >= 0.6 is 11.6 Å². The van der Waals surface area contributed by atoms with E-state index in [0.717, 1.165) is 5.56 Å². The number of nitrogens with one attached hydrogen (secondary N) is 2. The van der Waals surface area contributed by atoms with E-state index in [1.165, 1.54) is 4.90 Å². The van der Waals surface area contributed by atoms with Gasteiger partial charge in [0, 0.05) is 42.6 Å². The fourth-order valence-corrected chi connectivity index (χ4v) is 5.30. The number of likely N-dealkylation sites (tertiary alicyclic amines) is 1. The van der Waals surface area contributed by atoms with E-state index in [0.29, 0.717) is 29.3 Å². The van der Waals surface area contributed by atoms with Crippen LogP contribution in [0.15, 0.2) is 12.1 Å². The summed E-state index contributed by atoms with van der Waals surface area (Å²) in [6.07, 6.45) is -0.435. The summed E-state index contributed by atoms with van der Waals surface area (Å²) in [7, 11) is 1.55. The molecule has 0 aromatic heterocycles. The number of carbonyl (C=O) groups excluding carboxylic acids is 3. The highest BCUT2D eigenvalue weighted by molar-refractivity contribution is 6.31. The fourth-order valence-electron chi connectivity index (χ4n) is 5.03. The van der Waals surface area contributed by atoms with Crippen LogP contribution in [0.4, 0.5) is 5.69 Å². The Kier molecular flexibility index (Phi) is 4.93. The van der Waals surface area contributed by atoms with E-state index < -0.39 is 41.3 Å². The number of nitrogens with zero attached hydrogens (tertiary/aromatic N) is 1. The third-order valence-corrected chi connectivity index (χ3v) is 6.48. The van der Waals surface area contributed by atoms with E-state index in [1.54, 1.807) is 26.2 Å². The highest BCUT2D eigenvalue weighted by Gasteiger charge is 2.71. The predicted molar refractivity (Wildman–Crippen MR) is 105 cm³/mol. The van der Waals surface area contributed by atoms with Crippen molar-refractivity contribution in [3.8, 4) is 0 Å². The van der Waals surface area contributed by atoms with Gasteiger partial charge in [0.2, 0.25) is 17.7 Å². The first kappa shape index (κ1) is 20.3. The fraction of sp³-hybridized carbons (Fsp3) is 0.550. The summed E-state index contributed by atoms with van der Waals surface area (Å²) in [4.78, 5) is 41.0. The molecule has 156 valence electrons. The largest absolute Gasteiger partial charge is 0.392 e. The van der Waals surface area contributed by atoms with Gasteiger partial charge in [0.05, 0.1) is 17.9 Å². The molecule has 1 spiro atoms. The lowest BCUT2D eigenvalue weighted by Gasteiger charge is -2.30. The normalized spacial score (nSPS) is 31.4. The molecular formula is C20H24ClN3O5. The number of fused-ring (bicyclic) bond motifs is 4. The van der Waals surface area contributed by atoms with E-state index in [2.05, 4.69) is 10.6 Å². The second-order valence-electron chi connectivity index (χ2n) is 8.00. The van der Waals surface area contributed by atoms with Crippen LogP contribution in [0.25, 0.3) is 0 Å². The molecule has 3 aliphatic heterocycles. The number of methoxy groups -OCH3 is 1. The SMILES string of the molecule is COCCCN1C(=O)C2C(C(C)O)NC3(C(=O)Nc4c(C)cc(Cl)cc43)C2C1=O. The summed E-state index contributed by atoms with van der Waals surface area (Å²) in [5, 5.41) is 16.8. The Balaban J connectivity index is 1.84. The molecule has 3 aliphatic rings. The van der Waals surface area contributed by atoms with Crippen LogP contribution in [-0.4, -0.2) is 60.1 Å². The first-order chi connectivity index (χ1) is 13.7. The monoisotopic (exact) mass is 421 g/mol. The number of hydrogen-bond donors (Lipinski definition) is 3. The number of rotatable bonds is 5. The summed E-state index contributed by atoms with van der Waals surface area (Å²) in [5.74, 6) is -2.97. The molecule has 2 fully saturated rings. The van der Waals surface area contributed by atoms with Crippen LogP contribution in [-0.2, 0) is 24.7 Å². The summed E-state index contributed by atoms with van der Waals surface area (Å²) in [6.45, 7) is 4.00. The molecule has 3 heterocycles. The van der Waals surface area contributed by atoms with Gasteiger partial charge in [-0.2, -0.15) is 0 Å². The molecule has 4 rings (SSSR count). The predicted octanol–water partition coefficient (Wildman–Crippen LogP) is 0.786. The number of aliphatic hydroxyl groups is 1. The molecule has 1 aromatic carbocycles. The van der Waals surface area contributed by atoms with Crippen molar-refractivity contribution in [1.29, 1.82) is 0 Å². The number of aliphatic hydroxyl groups excluding tert-OH is 1. The lowest BCUT2D eigenvalue weighted by molar-refractivity contribution is -0.143. The van der Waals surface area contributed by atoms with Gasteiger partial charge in [0.1, 0.15) is 5.54 Å². The van der Waals surface area contributed by atoms with Gasteiger partial charge in [-0.25, -0.2) is 0 Å². The second kappa shape index (κ2) is 7.05. The van der Waals surface area contributed by atoms with Gasteiger partial charge in [-0.15, -0.1) is 0 Å². The maximum atomic E-state index is 13.4. The number of imide groups is 1. The number of ether oxygens (including phenoxy) is 1. The standard InChI is InChI=1S/C20H24ClN3O5/c1-9-7-11(21)8-12-15(9)22-19(28)20(12)14-13(16(23-20)10(2)25)17(26)24(18(14)27)5-4-6-29-3/h7-8,10,13-14,16,23,25H,4-6H2,1-3H3,(H,22,28). The second-order valence-corrected chi connectivity index (χ2v) is 8.43. The maximum absolute atomic E-state index is 13.4. The summed E-state index contributed by atoms with van der Waals surface area (Å²) in [5.41, 5.74) is 0.464. The number of halogens is 1. The van der Waals surface area contributed by atoms with Crippen molar-refractivity contribution in [3.05, 3.63) is 28.3 Å². The lowest BCUT2D eigenvalue weighted by Crippen LogP contribution is -2.54. The van der Waals surface area contributed by atoms with Crippen molar-refractivity contribution >= 4 is 35.0 Å². The minimum absolute atomic E-state index is 0.212.